The van der Waals surface area contributed by atoms with Crippen LogP contribution >= 0.6 is 0 Å². The average Bonchev–Trinajstić information content (AvgIpc) is 3.30. The van der Waals surface area contributed by atoms with Crippen LogP contribution in [0.3, 0.4) is 0 Å². The molecule has 1 aliphatic rings. The fourth-order valence-electron chi connectivity index (χ4n) is 3.65. The van der Waals surface area contributed by atoms with E-state index < -0.39 is 11.9 Å². The third-order valence-electron chi connectivity index (χ3n) is 5.19. The summed E-state index contributed by atoms with van der Waals surface area (Å²) in [6.07, 6.45) is 4.69. The van der Waals surface area contributed by atoms with E-state index in [1.807, 2.05) is 39.8 Å². The smallest absolute Gasteiger partial charge is 0.433 e. The van der Waals surface area contributed by atoms with Crippen molar-refractivity contribution in [3.05, 3.63) is 47.9 Å². The number of fused-ring (bicyclic) bond motifs is 1. The van der Waals surface area contributed by atoms with E-state index in [9.17, 15) is 18.0 Å². The molecule has 1 aliphatic carbocycles. The van der Waals surface area contributed by atoms with Crippen LogP contribution in [0, 0.1) is 6.92 Å². The molecular formula is C26H37F3N4O2. The molecule has 1 saturated carbocycles. The number of carbonyl (C=O) groups is 1. The first-order valence-corrected chi connectivity index (χ1v) is 12.1. The number of alkyl halides is 3. The molecule has 6 nitrogen and oxygen atoms in total. The van der Waals surface area contributed by atoms with E-state index in [0.717, 1.165) is 17.0 Å². The van der Waals surface area contributed by atoms with Gasteiger partial charge in [0.1, 0.15) is 11.4 Å². The highest BCUT2D eigenvalue weighted by atomic mass is 19.4. The number of methoxy groups -OCH3 is 1. The van der Waals surface area contributed by atoms with Crippen LogP contribution in [0.2, 0.25) is 0 Å². The van der Waals surface area contributed by atoms with Crippen molar-refractivity contribution in [3.8, 4) is 5.75 Å². The second-order valence-electron chi connectivity index (χ2n) is 7.44. The lowest BCUT2D eigenvalue weighted by atomic mass is 9.96. The summed E-state index contributed by atoms with van der Waals surface area (Å²) in [6.45, 7) is 9.52. The number of hydrogen-bond acceptors (Lipinski definition) is 4. The number of hydrogen-bond donors (Lipinski definition) is 1. The van der Waals surface area contributed by atoms with Crippen molar-refractivity contribution in [2.45, 2.75) is 78.9 Å². The van der Waals surface area contributed by atoms with Gasteiger partial charge in [-0.3, -0.25) is 9.48 Å². The third-order valence-corrected chi connectivity index (χ3v) is 5.19. The number of carbonyl (C=O) groups excluding carboxylic acids is 1. The molecule has 2 heterocycles. The molecule has 1 amide bonds. The van der Waals surface area contributed by atoms with Gasteiger partial charge >= 0.3 is 6.18 Å². The predicted molar refractivity (Wildman–Crippen MR) is 135 cm³/mol. The molecule has 1 N–H and O–H groups in total. The molecule has 0 atom stereocenters. The predicted octanol–water partition coefficient (Wildman–Crippen LogP) is 7.58. The number of pyridine rings is 1. The Kier molecular flexibility index (Phi) is 12.8. The molecule has 2 aromatic heterocycles. The summed E-state index contributed by atoms with van der Waals surface area (Å²) in [4.78, 5) is 14.0. The number of nitrogens with one attached hydrogen (secondary N) is 1. The van der Waals surface area contributed by atoms with Gasteiger partial charge < -0.3 is 10.1 Å². The lowest BCUT2D eigenvalue weighted by Gasteiger charge is -2.21. The van der Waals surface area contributed by atoms with E-state index in [-0.39, 0.29) is 0 Å². The molecule has 194 valence electrons. The van der Waals surface area contributed by atoms with Gasteiger partial charge in [-0.1, -0.05) is 53.0 Å². The Morgan fingerprint density at radius 3 is 2.26 bits per heavy atom. The van der Waals surface area contributed by atoms with Gasteiger partial charge in [-0.25, -0.2) is 4.98 Å². The van der Waals surface area contributed by atoms with Crippen molar-refractivity contribution < 1.29 is 22.7 Å². The second kappa shape index (κ2) is 15.0. The van der Waals surface area contributed by atoms with Gasteiger partial charge in [0.15, 0.2) is 0 Å². The van der Waals surface area contributed by atoms with E-state index in [0.29, 0.717) is 29.6 Å². The molecule has 1 fully saturated rings. The molecule has 0 bridgehead atoms. The maximum absolute atomic E-state index is 11.9. The van der Waals surface area contributed by atoms with Crippen LogP contribution in [0.5, 0.6) is 5.75 Å². The number of aromatic nitrogens is 3. The fraction of sp³-hybridized carbons (Fsp3) is 0.500. The van der Waals surface area contributed by atoms with Gasteiger partial charge in [-0.15, -0.1) is 0 Å². The van der Waals surface area contributed by atoms with E-state index in [1.54, 1.807) is 7.11 Å². The highest BCUT2D eigenvalue weighted by molar-refractivity contribution is 5.88. The van der Waals surface area contributed by atoms with Gasteiger partial charge in [0.25, 0.3) is 0 Å². The first kappa shape index (κ1) is 29.9. The maximum Gasteiger partial charge on any atom is 0.433 e. The minimum atomic E-state index is -4.33. The molecule has 0 aliphatic heterocycles. The Morgan fingerprint density at radius 1 is 1.09 bits per heavy atom. The second-order valence-corrected chi connectivity index (χ2v) is 7.44. The Hall–Kier alpha value is -3.10. The van der Waals surface area contributed by atoms with Gasteiger partial charge in [-0.2, -0.15) is 18.3 Å². The lowest BCUT2D eigenvalue weighted by molar-refractivity contribution is -0.141. The Labute approximate surface area is 205 Å². The minimum Gasteiger partial charge on any atom is -0.494 e. The minimum absolute atomic E-state index is 0.375. The van der Waals surface area contributed by atoms with Crippen molar-refractivity contribution in [3.63, 3.8) is 0 Å². The molecule has 0 saturated heterocycles. The summed E-state index contributed by atoms with van der Waals surface area (Å²) in [7, 11) is 1.59. The monoisotopic (exact) mass is 494 g/mol. The first-order chi connectivity index (χ1) is 16.8. The van der Waals surface area contributed by atoms with Crippen molar-refractivity contribution >= 4 is 23.0 Å². The van der Waals surface area contributed by atoms with E-state index in [2.05, 4.69) is 26.3 Å². The summed E-state index contributed by atoms with van der Waals surface area (Å²) < 4.78 is 43.1. The summed E-state index contributed by atoms with van der Waals surface area (Å²) in [5, 5.41) is 8.36. The van der Waals surface area contributed by atoms with Crippen molar-refractivity contribution in [2.75, 3.05) is 12.4 Å². The van der Waals surface area contributed by atoms with Crippen molar-refractivity contribution in [2.24, 2.45) is 0 Å². The summed E-state index contributed by atoms with van der Waals surface area (Å²) in [6, 6.07) is 8.10. The highest BCUT2D eigenvalue weighted by Gasteiger charge is 2.32. The lowest BCUT2D eigenvalue weighted by Crippen LogP contribution is -2.12. The number of ether oxygens (including phenoxy) is 1. The van der Waals surface area contributed by atoms with Crippen LogP contribution in [0.4, 0.5) is 18.9 Å². The Bertz CT molecular complexity index is 1030. The molecule has 3 aromatic rings. The molecule has 9 heteroatoms. The molecule has 0 unspecified atom stereocenters. The Morgan fingerprint density at radius 2 is 1.74 bits per heavy atom. The van der Waals surface area contributed by atoms with Crippen LogP contribution in [0.1, 0.15) is 77.2 Å². The molecule has 35 heavy (non-hydrogen) atoms. The molecular weight excluding hydrogens is 457 g/mol. The number of rotatable bonds is 4. The average molecular weight is 495 g/mol. The molecule has 4 rings (SSSR count). The number of anilines is 1. The number of benzene rings is 1. The quantitative estimate of drug-likeness (QED) is 0.380. The van der Waals surface area contributed by atoms with Gasteiger partial charge in [0.05, 0.1) is 24.4 Å². The molecule has 0 spiro atoms. The fourth-order valence-corrected chi connectivity index (χ4v) is 3.65. The zero-order chi connectivity index (χ0) is 26.4. The standard InChI is InChI=1S/C15H19N3O2.C7H6F3N.2C2H6/c1-20-15-8-13-11(7-14(15)16-10-19)9-18(17-13)12-5-3-2-4-6-12;1-5-3-2-4-6(11-5)7(8,9)10;2*1-2/h7-10,12H,2-6H2,1H3,(H,16,19);2-4H,1H3;2*1-2H3. The summed E-state index contributed by atoms with van der Waals surface area (Å²) in [5.74, 6) is 0.637. The first-order valence-electron chi connectivity index (χ1n) is 12.1. The van der Waals surface area contributed by atoms with E-state index in [4.69, 9.17) is 4.74 Å². The SMILES string of the molecule is CC.CC.COc1cc2nn(C3CCCCC3)cc2cc1NC=O.Cc1cccc(C(F)(F)F)n1. The largest absolute Gasteiger partial charge is 0.494 e. The number of amides is 1. The van der Waals surface area contributed by atoms with Crippen LogP contribution in [0.15, 0.2) is 36.5 Å². The van der Waals surface area contributed by atoms with Gasteiger partial charge in [0, 0.05) is 23.3 Å². The zero-order valence-electron chi connectivity index (χ0n) is 21.4. The van der Waals surface area contributed by atoms with E-state index >= 15 is 0 Å². The normalized spacial score (nSPS) is 13.3. The molecule has 0 radical (unpaired) electrons. The zero-order valence-corrected chi connectivity index (χ0v) is 21.4. The molecule has 1 aromatic carbocycles. The summed E-state index contributed by atoms with van der Waals surface area (Å²) in [5.41, 5.74) is 1.12. The topological polar surface area (TPSA) is 69.0 Å². The van der Waals surface area contributed by atoms with Crippen molar-refractivity contribution in [1.29, 1.82) is 0 Å². The third kappa shape index (κ3) is 8.88. The number of nitrogens with zero attached hydrogens (tertiary/aromatic N) is 3. The van der Waals surface area contributed by atoms with Gasteiger partial charge in [-0.05, 0) is 38.0 Å². The Balaban J connectivity index is 0.000000347. The highest BCUT2D eigenvalue weighted by Crippen LogP contribution is 2.33. The number of halogens is 3. The van der Waals surface area contributed by atoms with Gasteiger partial charge in [0.2, 0.25) is 6.41 Å². The van der Waals surface area contributed by atoms with Crippen molar-refractivity contribution in [1.82, 2.24) is 14.8 Å². The van der Waals surface area contributed by atoms with Crippen LogP contribution < -0.4 is 10.1 Å². The van der Waals surface area contributed by atoms with Crippen LogP contribution in [-0.2, 0) is 11.0 Å². The number of aryl methyl sites for hydroxylation is 1. The van der Waals surface area contributed by atoms with E-state index in [1.165, 1.54) is 51.2 Å². The van der Waals surface area contributed by atoms with Crippen LogP contribution in [-0.4, -0.2) is 28.3 Å². The van der Waals surface area contributed by atoms with Crippen LogP contribution in [0.25, 0.3) is 10.9 Å². The maximum atomic E-state index is 11.9. The summed E-state index contributed by atoms with van der Waals surface area (Å²) >= 11 is 0.